The van der Waals surface area contributed by atoms with Crippen LogP contribution in [0.5, 0.6) is 0 Å². The molecule has 0 fully saturated rings. The van der Waals surface area contributed by atoms with Crippen molar-refractivity contribution in [2.75, 3.05) is 0 Å². The minimum Gasteiger partial charge on any atom is -0.267 e. The summed E-state index contributed by atoms with van der Waals surface area (Å²) in [5, 5.41) is 5.21. The van der Waals surface area contributed by atoms with Gasteiger partial charge in [-0.15, -0.1) is 0 Å². The van der Waals surface area contributed by atoms with E-state index >= 15 is 0 Å². The first kappa shape index (κ1) is 12.5. The van der Waals surface area contributed by atoms with Gasteiger partial charge in [-0.3, -0.25) is 9.78 Å². The van der Waals surface area contributed by atoms with Crippen LogP contribution < -0.4 is 0 Å². The van der Waals surface area contributed by atoms with Gasteiger partial charge in [0, 0.05) is 11.1 Å². The highest BCUT2D eigenvalue weighted by Gasteiger charge is 2.16. The minimum atomic E-state index is -0.133. The van der Waals surface area contributed by atoms with Crippen LogP contribution in [0.2, 0.25) is 0 Å². The molecule has 2 heterocycles. The van der Waals surface area contributed by atoms with Gasteiger partial charge in [-0.05, 0) is 39.0 Å². The summed E-state index contributed by atoms with van der Waals surface area (Å²) in [4.78, 5) is 17.1. The molecule has 0 bridgehead atoms. The van der Waals surface area contributed by atoms with Crippen molar-refractivity contribution in [1.82, 2.24) is 14.8 Å². The number of hydrogen-bond acceptors (Lipinski definition) is 3. The molecule has 3 rings (SSSR count). The summed E-state index contributed by atoms with van der Waals surface area (Å²) in [5.41, 5.74) is 3.88. The van der Waals surface area contributed by atoms with Gasteiger partial charge in [0.25, 0.3) is 5.91 Å². The average molecular weight is 265 g/mol. The highest BCUT2D eigenvalue weighted by atomic mass is 16.2. The van der Waals surface area contributed by atoms with Crippen molar-refractivity contribution >= 4 is 16.8 Å². The van der Waals surface area contributed by atoms with E-state index in [-0.39, 0.29) is 5.91 Å². The SMILES string of the molecule is Cc1cc(C)n(C(=O)c2cc3ccccc3nc2C)n1. The second kappa shape index (κ2) is 4.56. The number of hydrogen-bond donors (Lipinski definition) is 0. The largest absolute Gasteiger partial charge is 0.280 e. The Kier molecular flexibility index (Phi) is 2.86. The first-order valence-electron chi connectivity index (χ1n) is 6.50. The van der Waals surface area contributed by atoms with Gasteiger partial charge in [0.05, 0.1) is 22.5 Å². The smallest absolute Gasteiger partial charge is 0.267 e. The van der Waals surface area contributed by atoms with Crippen molar-refractivity contribution in [3.63, 3.8) is 0 Å². The lowest BCUT2D eigenvalue weighted by molar-refractivity contribution is 0.0941. The Morgan fingerprint density at radius 1 is 1.10 bits per heavy atom. The first-order chi connectivity index (χ1) is 9.56. The van der Waals surface area contributed by atoms with Crippen LogP contribution >= 0.6 is 0 Å². The third-order valence-corrected chi connectivity index (χ3v) is 3.35. The Labute approximate surface area is 117 Å². The molecule has 0 saturated carbocycles. The van der Waals surface area contributed by atoms with Crippen molar-refractivity contribution < 1.29 is 4.79 Å². The highest BCUT2D eigenvalue weighted by Crippen LogP contribution is 2.18. The van der Waals surface area contributed by atoms with Crippen molar-refractivity contribution in [2.45, 2.75) is 20.8 Å². The molecule has 2 aromatic heterocycles. The fourth-order valence-corrected chi connectivity index (χ4v) is 2.38. The summed E-state index contributed by atoms with van der Waals surface area (Å²) < 4.78 is 1.44. The topological polar surface area (TPSA) is 47.8 Å². The fraction of sp³-hybridized carbons (Fsp3) is 0.188. The zero-order valence-electron chi connectivity index (χ0n) is 11.7. The van der Waals surface area contributed by atoms with E-state index in [1.54, 1.807) is 0 Å². The number of nitrogens with zero attached hydrogens (tertiary/aromatic N) is 3. The molecule has 100 valence electrons. The van der Waals surface area contributed by atoms with Crippen LogP contribution in [0.25, 0.3) is 10.9 Å². The fourth-order valence-electron chi connectivity index (χ4n) is 2.38. The average Bonchev–Trinajstić information content (AvgIpc) is 2.76. The molecule has 4 heteroatoms. The number of pyridine rings is 1. The molecule has 0 aliphatic carbocycles. The molecule has 0 aliphatic rings. The Hall–Kier alpha value is -2.49. The summed E-state index contributed by atoms with van der Waals surface area (Å²) >= 11 is 0. The van der Waals surface area contributed by atoms with Gasteiger partial charge in [-0.1, -0.05) is 18.2 Å². The second-order valence-corrected chi connectivity index (χ2v) is 4.96. The van der Waals surface area contributed by atoms with Gasteiger partial charge in [0.2, 0.25) is 0 Å². The van der Waals surface area contributed by atoms with Crippen molar-refractivity contribution in [2.24, 2.45) is 0 Å². The molecule has 0 amide bonds. The predicted molar refractivity (Wildman–Crippen MR) is 77.9 cm³/mol. The lowest BCUT2D eigenvalue weighted by Gasteiger charge is -2.07. The van der Waals surface area contributed by atoms with E-state index in [2.05, 4.69) is 10.1 Å². The molecule has 0 unspecified atom stereocenters. The molecular formula is C16H15N3O. The number of carbonyl (C=O) groups is 1. The van der Waals surface area contributed by atoms with E-state index in [1.807, 2.05) is 57.2 Å². The lowest BCUT2D eigenvalue weighted by Crippen LogP contribution is -2.17. The van der Waals surface area contributed by atoms with Gasteiger partial charge in [0.1, 0.15) is 0 Å². The Morgan fingerprint density at radius 3 is 2.55 bits per heavy atom. The maximum absolute atomic E-state index is 12.6. The molecule has 0 saturated heterocycles. The molecule has 3 aromatic rings. The molecule has 0 spiro atoms. The third-order valence-electron chi connectivity index (χ3n) is 3.35. The monoisotopic (exact) mass is 265 g/mol. The third kappa shape index (κ3) is 1.99. The number of fused-ring (bicyclic) bond motifs is 1. The van der Waals surface area contributed by atoms with Gasteiger partial charge in [0.15, 0.2) is 0 Å². The molecule has 0 N–H and O–H groups in total. The Bertz CT molecular complexity index is 818. The molecule has 4 nitrogen and oxygen atoms in total. The van der Waals surface area contributed by atoms with Crippen molar-refractivity contribution in [3.8, 4) is 0 Å². The zero-order valence-corrected chi connectivity index (χ0v) is 11.7. The van der Waals surface area contributed by atoms with Crippen LogP contribution in [0.15, 0.2) is 36.4 Å². The first-order valence-corrected chi connectivity index (χ1v) is 6.50. The second-order valence-electron chi connectivity index (χ2n) is 4.96. The summed E-state index contributed by atoms with van der Waals surface area (Å²) in [6.45, 7) is 5.61. The maximum atomic E-state index is 12.6. The predicted octanol–water partition coefficient (Wildman–Crippen LogP) is 3.05. The van der Waals surface area contributed by atoms with Crippen LogP contribution in [0.4, 0.5) is 0 Å². The zero-order chi connectivity index (χ0) is 14.3. The Morgan fingerprint density at radius 2 is 1.85 bits per heavy atom. The molecule has 0 aliphatic heterocycles. The summed E-state index contributed by atoms with van der Waals surface area (Å²) in [5.74, 6) is -0.133. The Balaban J connectivity index is 2.16. The highest BCUT2D eigenvalue weighted by molar-refractivity contribution is 5.99. The van der Waals surface area contributed by atoms with Crippen LogP contribution in [0.1, 0.15) is 27.4 Å². The summed E-state index contributed by atoms with van der Waals surface area (Å²) in [6.07, 6.45) is 0. The molecule has 20 heavy (non-hydrogen) atoms. The number of benzene rings is 1. The van der Waals surface area contributed by atoms with Gasteiger partial charge in [-0.2, -0.15) is 5.10 Å². The molecule has 1 aromatic carbocycles. The van der Waals surface area contributed by atoms with Gasteiger partial charge >= 0.3 is 0 Å². The summed E-state index contributed by atoms with van der Waals surface area (Å²) in [7, 11) is 0. The van der Waals surface area contributed by atoms with Crippen LogP contribution in [0.3, 0.4) is 0 Å². The number of rotatable bonds is 1. The van der Waals surface area contributed by atoms with Crippen LogP contribution in [0, 0.1) is 20.8 Å². The number of carbonyl (C=O) groups excluding carboxylic acids is 1. The van der Waals surface area contributed by atoms with E-state index in [1.165, 1.54) is 4.68 Å². The van der Waals surface area contributed by atoms with E-state index in [0.29, 0.717) is 5.56 Å². The van der Waals surface area contributed by atoms with E-state index in [0.717, 1.165) is 28.0 Å². The van der Waals surface area contributed by atoms with Gasteiger partial charge in [-0.25, -0.2) is 4.68 Å². The van der Waals surface area contributed by atoms with E-state index < -0.39 is 0 Å². The molecule has 0 radical (unpaired) electrons. The standard InChI is InChI=1S/C16H15N3O/c1-10-8-11(2)19(18-10)16(20)14-9-13-6-4-5-7-15(13)17-12(14)3/h4-9H,1-3H3. The maximum Gasteiger partial charge on any atom is 0.280 e. The number of aryl methyl sites for hydroxylation is 3. The molecular weight excluding hydrogens is 250 g/mol. The van der Waals surface area contributed by atoms with Crippen molar-refractivity contribution in [3.05, 3.63) is 59.0 Å². The van der Waals surface area contributed by atoms with Crippen LogP contribution in [-0.4, -0.2) is 20.7 Å². The van der Waals surface area contributed by atoms with Crippen molar-refractivity contribution in [1.29, 1.82) is 0 Å². The number of para-hydroxylation sites is 1. The molecule has 0 atom stereocenters. The quantitative estimate of drug-likeness (QED) is 0.679. The number of aromatic nitrogens is 3. The minimum absolute atomic E-state index is 0.133. The lowest BCUT2D eigenvalue weighted by atomic mass is 10.1. The van der Waals surface area contributed by atoms with Crippen LogP contribution in [-0.2, 0) is 0 Å². The van der Waals surface area contributed by atoms with E-state index in [9.17, 15) is 4.79 Å². The normalized spacial score (nSPS) is 10.9. The van der Waals surface area contributed by atoms with Gasteiger partial charge < -0.3 is 0 Å². The van der Waals surface area contributed by atoms with E-state index in [4.69, 9.17) is 0 Å². The summed E-state index contributed by atoms with van der Waals surface area (Å²) in [6, 6.07) is 11.6.